The van der Waals surface area contributed by atoms with Crippen molar-refractivity contribution in [2.24, 2.45) is 5.92 Å². The Bertz CT molecular complexity index is 457. The third kappa shape index (κ3) is 3.32. The second-order valence-electron chi connectivity index (χ2n) is 6.86. The summed E-state index contributed by atoms with van der Waals surface area (Å²) in [7, 11) is 0. The van der Waals surface area contributed by atoms with Crippen molar-refractivity contribution in [2.75, 3.05) is 19.6 Å². The molecule has 3 rings (SSSR count). The third-order valence-corrected chi connectivity index (χ3v) is 5.56. The molecule has 1 aromatic carbocycles. The van der Waals surface area contributed by atoms with Crippen LogP contribution in [-0.2, 0) is 0 Å². The van der Waals surface area contributed by atoms with Gasteiger partial charge < -0.3 is 5.32 Å². The van der Waals surface area contributed by atoms with Gasteiger partial charge in [-0.3, -0.25) is 4.90 Å². The Kier molecular flexibility index (Phi) is 4.97. The summed E-state index contributed by atoms with van der Waals surface area (Å²) < 4.78 is 0. The third-order valence-electron chi connectivity index (χ3n) is 5.56. The van der Waals surface area contributed by atoms with Crippen molar-refractivity contribution in [1.82, 2.24) is 10.2 Å². The molecule has 1 heterocycles. The maximum atomic E-state index is 3.72. The van der Waals surface area contributed by atoms with Crippen molar-refractivity contribution in [2.45, 2.75) is 58.0 Å². The average molecular weight is 286 g/mol. The lowest BCUT2D eigenvalue weighted by Gasteiger charge is -2.34. The van der Waals surface area contributed by atoms with E-state index in [1.807, 2.05) is 0 Å². The van der Waals surface area contributed by atoms with Crippen LogP contribution in [0.3, 0.4) is 0 Å². The molecule has 21 heavy (non-hydrogen) atoms. The number of aryl methyl sites for hydroxylation is 1. The molecule has 1 aliphatic heterocycles. The van der Waals surface area contributed by atoms with Crippen LogP contribution in [-0.4, -0.2) is 30.6 Å². The van der Waals surface area contributed by atoms with E-state index in [9.17, 15) is 0 Å². The average Bonchev–Trinajstić information content (AvgIpc) is 2.91. The monoisotopic (exact) mass is 286 g/mol. The fourth-order valence-corrected chi connectivity index (χ4v) is 4.46. The zero-order valence-corrected chi connectivity index (χ0v) is 13.6. The van der Waals surface area contributed by atoms with E-state index in [4.69, 9.17) is 0 Å². The smallest absolute Gasteiger partial charge is 0.0451 e. The van der Waals surface area contributed by atoms with Crippen molar-refractivity contribution in [3.8, 4) is 0 Å². The number of nitrogens with zero attached hydrogens (tertiary/aromatic N) is 1. The molecule has 0 amide bonds. The molecular formula is C19H30N2. The van der Waals surface area contributed by atoms with Gasteiger partial charge in [0, 0.05) is 18.6 Å². The number of rotatable bonds is 5. The lowest BCUT2D eigenvalue weighted by atomic mass is 9.85. The predicted octanol–water partition coefficient (Wildman–Crippen LogP) is 3.91. The van der Waals surface area contributed by atoms with Gasteiger partial charge in [-0.05, 0) is 56.3 Å². The van der Waals surface area contributed by atoms with Crippen LogP contribution < -0.4 is 5.32 Å². The first-order chi connectivity index (χ1) is 10.3. The SMILES string of the molecule is CCNC(CN1CCC2CCCCC21)c1ccccc1C. The second-order valence-corrected chi connectivity index (χ2v) is 6.86. The molecule has 0 aromatic heterocycles. The molecule has 1 N–H and O–H groups in total. The van der Waals surface area contributed by atoms with Crippen molar-refractivity contribution in [1.29, 1.82) is 0 Å². The van der Waals surface area contributed by atoms with Gasteiger partial charge in [-0.2, -0.15) is 0 Å². The van der Waals surface area contributed by atoms with Crippen LogP contribution in [0.1, 0.15) is 56.2 Å². The normalized spacial score (nSPS) is 27.5. The first-order valence-corrected chi connectivity index (χ1v) is 8.82. The maximum absolute atomic E-state index is 3.72. The standard InChI is InChI=1S/C19H30N2/c1-3-20-18(17-10-6-4-8-15(17)2)14-21-13-12-16-9-5-7-11-19(16)21/h4,6,8,10,16,18-20H,3,5,7,9,11-14H2,1-2H3. The van der Waals surface area contributed by atoms with Gasteiger partial charge in [0.2, 0.25) is 0 Å². The summed E-state index contributed by atoms with van der Waals surface area (Å²) in [6.45, 7) is 8.00. The largest absolute Gasteiger partial charge is 0.309 e. The van der Waals surface area contributed by atoms with Gasteiger partial charge in [0.05, 0.1) is 0 Å². The fraction of sp³-hybridized carbons (Fsp3) is 0.684. The van der Waals surface area contributed by atoms with Gasteiger partial charge in [0.15, 0.2) is 0 Å². The number of hydrogen-bond donors (Lipinski definition) is 1. The molecule has 2 aliphatic rings. The predicted molar refractivity (Wildman–Crippen MR) is 89.5 cm³/mol. The zero-order valence-electron chi connectivity index (χ0n) is 13.6. The van der Waals surface area contributed by atoms with Crippen LogP contribution in [0.4, 0.5) is 0 Å². The van der Waals surface area contributed by atoms with E-state index < -0.39 is 0 Å². The number of fused-ring (bicyclic) bond motifs is 1. The highest BCUT2D eigenvalue weighted by Gasteiger charge is 2.36. The lowest BCUT2D eigenvalue weighted by molar-refractivity contribution is 0.167. The van der Waals surface area contributed by atoms with Crippen LogP contribution >= 0.6 is 0 Å². The Balaban J connectivity index is 1.72. The highest BCUT2D eigenvalue weighted by atomic mass is 15.2. The summed E-state index contributed by atoms with van der Waals surface area (Å²) in [5.74, 6) is 0.984. The minimum absolute atomic E-state index is 0.483. The Morgan fingerprint density at radius 3 is 2.81 bits per heavy atom. The van der Waals surface area contributed by atoms with Gasteiger partial charge in [-0.1, -0.05) is 44.0 Å². The van der Waals surface area contributed by atoms with Crippen LogP contribution in [0.15, 0.2) is 24.3 Å². The molecule has 1 saturated heterocycles. The van der Waals surface area contributed by atoms with Crippen LogP contribution in [0.5, 0.6) is 0 Å². The molecule has 3 unspecified atom stereocenters. The molecule has 0 radical (unpaired) electrons. The summed E-state index contributed by atoms with van der Waals surface area (Å²) >= 11 is 0. The summed E-state index contributed by atoms with van der Waals surface area (Å²) in [6.07, 6.45) is 7.23. The van der Waals surface area contributed by atoms with Crippen molar-refractivity contribution < 1.29 is 0 Å². The Morgan fingerprint density at radius 2 is 2.00 bits per heavy atom. The van der Waals surface area contributed by atoms with E-state index in [2.05, 4.69) is 48.3 Å². The fourth-order valence-electron chi connectivity index (χ4n) is 4.46. The molecule has 2 fully saturated rings. The summed E-state index contributed by atoms with van der Waals surface area (Å²) in [5.41, 5.74) is 2.90. The van der Waals surface area contributed by atoms with Gasteiger partial charge in [-0.25, -0.2) is 0 Å². The minimum Gasteiger partial charge on any atom is -0.309 e. The molecule has 0 bridgehead atoms. The highest BCUT2D eigenvalue weighted by Crippen LogP contribution is 2.37. The van der Waals surface area contributed by atoms with Gasteiger partial charge in [0.1, 0.15) is 0 Å². The maximum Gasteiger partial charge on any atom is 0.0451 e. The molecule has 0 spiro atoms. The first-order valence-electron chi connectivity index (χ1n) is 8.82. The Labute approximate surface area is 129 Å². The van der Waals surface area contributed by atoms with Crippen molar-refractivity contribution in [3.05, 3.63) is 35.4 Å². The molecular weight excluding hydrogens is 256 g/mol. The van der Waals surface area contributed by atoms with E-state index in [1.54, 1.807) is 0 Å². The molecule has 116 valence electrons. The zero-order chi connectivity index (χ0) is 14.7. The van der Waals surface area contributed by atoms with Crippen LogP contribution in [0.25, 0.3) is 0 Å². The van der Waals surface area contributed by atoms with Gasteiger partial charge >= 0.3 is 0 Å². The molecule has 2 nitrogen and oxygen atoms in total. The van der Waals surface area contributed by atoms with Crippen LogP contribution in [0, 0.1) is 12.8 Å². The lowest BCUT2D eigenvalue weighted by Crippen LogP contribution is -2.40. The summed E-state index contributed by atoms with van der Waals surface area (Å²) in [4.78, 5) is 2.78. The van der Waals surface area contributed by atoms with Crippen molar-refractivity contribution >= 4 is 0 Å². The highest BCUT2D eigenvalue weighted by molar-refractivity contribution is 5.29. The summed E-state index contributed by atoms with van der Waals surface area (Å²) in [6, 6.07) is 10.2. The number of likely N-dealkylation sites (N-methyl/N-ethyl adjacent to an activating group) is 1. The van der Waals surface area contributed by atoms with E-state index >= 15 is 0 Å². The summed E-state index contributed by atoms with van der Waals surface area (Å²) in [5, 5.41) is 3.72. The molecule has 1 saturated carbocycles. The first kappa shape index (κ1) is 15.1. The Morgan fingerprint density at radius 1 is 1.19 bits per heavy atom. The molecule has 2 heteroatoms. The number of likely N-dealkylation sites (tertiary alicyclic amines) is 1. The van der Waals surface area contributed by atoms with E-state index in [1.165, 1.54) is 56.3 Å². The number of benzene rings is 1. The topological polar surface area (TPSA) is 15.3 Å². The number of hydrogen-bond acceptors (Lipinski definition) is 2. The van der Waals surface area contributed by atoms with Gasteiger partial charge in [-0.15, -0.1) is 0 Å². The van der Waals surface area contributed by atoms with E-state index in [0.29, 0.717) is 6.04 Å². The second kappa shape index (κ2) is 6.93. The quantitative estimate of drug-likeness (QED) is 0.883. The minimum atomic E-state index is 0.483. The van der Waals surface area contributed by atoms with Crippen molar-refractivity contribution in [3.63, 3.8) is 0 Å². The van der Waals surface area contributed by atoms with E-state index in [-0.39, 0.29) is 0 Å². The molecule has 1 aromatic rings. The van der Waals surface area contributed by atoms with Crippen LogP contribution in [0.2, 0.25) is 0 Å². The number of nitrogens with one attached hydrogen (secondary N) is 1. The Hall–Kier alpha value is -0.860. The van der Waals surface area contributed by atoms with E-state index in [0.717, 1.165) is 18.5 Å². The van der Waals surface area contributed by atoms with Gasteiger partial charge in [0.25, 0.3) is 0 Å². The molecule has 3 atom stereocenters. The molecule has 1 aliphatic carbocycles.